The standard InChI is InChI=1S/C27H32N4O3/c1-5-30(26(33)21-6-7-21)17-25(32)29-27-28-24(20-10-14-23(34-4)15-11-20)16-31(27)22-12-8-19(9-13-22)18(2)3/h8-16,18,21H,5-7,17H2,1-4H3,(H,28,29,32). The minimum absolute atomic E-state index is 0.0167. The summed E-state index contributed by atoms with van der Waals surface area (Å²) in [5, 5.41) is 2.93. The molecule has 2 aromatic carbocycles. The van der Waals surface area contributed by atoms with Crippen LogP contribution < -0.4 is 10.1 Å². The molecule has 0 spiro atoms. The van der Waals surface area contributed by atoms with E-state index < -0.39 is 0 Å². The van der Waals surface area contributed by atoms with Crippen LogP contribution >= 0.6 is 0 Å². The number of ether oxygens (including phenoxy) is 1. The molecule has 4 rings (SSSR count). The Labute approximate surface area is 200 Å². The second-order valence-electron chi connectivity index (χ2n) is 8.97. The zero-order valence-corrected chi connectivity index (χ0v) is 20.2. The smallest absolute Gasteiger partial charge is 0.246 e. The Bertz CT molecular complexity index is 1150. The van der Waals surface area contributed by atoms with Gasteiger partial charge >= 0.3 is 0 Å². The van der Waals surface area contributed by atoms with Crippen molar-refractivity contribution in [2.75, 3.05) is 25.5 Å². The van der Waals surface area contributed by atoms with Gasteiger partial charge in [0, 0.05) is 29.9 Å². The highest BCUT2D eigenvalue weighted by atomic mass is 16.5. The Kier molecular flexibility index (Phi) is 7.01. The van der Waals surface area contributed by atoms with Gasteiger partial charge in [0.15, 0.2) is 0 Å². The number of rotatable bonds is 9. The molecule has 7 nitrogen and oxygen atoms in total. The van der Waals surface area contributed by atoms with Gasteiger partial charge < -0.3 is 9.64 Å². The van der Waals surface area contributed by atoms with Crippen molar-refractivity contribution in [3.05, 3.63) is 60.3 Å². The molecule has 0 unspecified atom stereocenters. The summed E-state index contributed by atoms with van der Waals surface area (Å²) in [7, 11) is 1.63. The van der Waals surface area contributed by atoms with Crippen molar-refractivity contribution in [3.8, 4) is 22.7 Å². The molecule has 1 aliphatic rings. The van der Waals surface area contributed by atoms with Crippen molar-refractivity contribution in [2.24, 2.45) is 5.92 Å². The van der Waals surface area contributed by atoms with E-state index in [4.69, 9.17) is 9.72 Å². The maximum absolute atomic E-state index is 12.9. The van der Waals surface area contributed by atoms with Crippen LogP contribution in [0.3, 0.4) is 0 Å². The summed E-state index contributed by atoms with van der Waals surface area (Å²) in [4.78, 5) is 31.7. The van der Waals surface area contributed by atoms with E-state index in [2.05, 4.69) is 31.3 Å². The van der Waals surface area contributed by atoms with Crippen LogP contribution in [-0.2, 0) is 9.59 Å². The fourth-order valence-electron chi connectivity index (χ4n) is 3.86. The third kappa shape index (κ3) is 5.30. The number of hydrogen-bond acceptors (Lipinski definition) is 4. The van der Waals surface area contributed by atoms with Gasteiger partial charge in [-0.25, -0.2) is 4.98 Å². The topological polar surface area (TPSA) is 76.5 Å². The number of anilines is 1. The average molecular weight is 461 g/mol. The molecule has 178 valence electrons. The molecule has 1 aliphatic carbocycles. The third-order valence-electron chi connectivity index (χ3n) is 6.14. The predicted octanol–water partition coefficient (Wildman–Crippen LogP) is 4.87. The first kappa shape index (κ1) is 23.5. The predicted molar refractivity (Wildman–Crippen MR) is 133 cm³/mol. The molecule has 1 saturated carbocycles. The van der Waals surface area contributed by atoms with Gasteiger partial charge in [0.2, 0.25) is 17.8 Å². The lowest BCUT2D eigenvalue weighted by Gasteiger charge is -2.20. The molecule has 0 radical (unpaired) electrons. The fraction of sp³-hybridized carbons (Fsp3) is 0.370. The van der Waals surface area contributed by atoms with Crippen LogP contribution in [-0.4, -0.2) is 46.5 Å². The Morgan fingerprint density at radius 2 is 1.79 bits per heavy atom. The lowest BCUT2D eigenvalue weighted by atomic mass is 10.0. The van der Waals surface area contributed by atoms with Gasteiger partial charge in [0.05, 0.1) is 19.3 Å². The normalized spacial score (nSPS) is 13.1. The molecule has 7 heteroatoms. The lowest BCUT2D eigenvalue weighted by Crippen LogP contribution is -2.39. The second-order valence-corrected chi connectivity index (χ2v) is 8.97. The summed E-state index contributed by atoms with van der Waals surface area (Å²) in [6.45, 7) is 6.73. The van der Waals surface area contributed by atoms with Crippen LogP contribution in [0.4, 0.5) is 5.95 Å². The maximum atomic E-state index is 12.9. The van der Waals surface area contributed by atoms with Gasteiger partial charge in [-0.2, -0.15) is 0 Å². The van der Waals surface area contributed by atoms with Crippen LogP contribution in [0.25, 0.3) is 16.9 Å². The van der Waals surface area contributed by atoms with Crippen molar-refractivity contribution in [1.82, 2.24) is 14.5 Å². The molecule has 34 heavy (non-hydrogen) atoms. The summed E-state index contributed by atoms with van der Waals surface area (Å²) >= 11 is 0. The largest absolute Gasteiger partial charge is 0.497 e. The SMILES string of the molecule is CCN(CC(=O)Nc1nc(-c2ccc(OC)cc2)cn1-c1ccc(C(C)C)cc1)C(=O)C1CC1. The monoisotopic (exact) mass is 460 g/mol. The number of aromatic nitrogens is 2. The van der Waals surface area contributed by atoms with Gasteiger partial charge in [0.25, 0.3) is 0 Å². The molecule has 1 heterocycles. The molecule has 0 bridgehead atoms. The van der Waals surface area contributed by atoms with Crippen molar-refractivity contribution in [1.29, 1.82) is 0 Å². The Hall–Kier alpha value is -3.61. The van der Waals surface area contributed by atoms with Gasteiger partial charge in [-0.1, -0.05) is 26.0 Å². The van der Waals surface area contributed by atoms with Crippen LogP contribution in [0.2, 0.25) is 0 Å². The number of carbonyl (C=O) groups is 2. The number of methoxy groups -OCH3 is 1. The molecule has 0 aliphatic heterocycles. The van der Waals surface area contributed by atoms with Crippen molar-refractivity contribution in [3.63, 3.8) is 0 Å². The minimum Gasteiger partial charge on any atom is -0.497 e. The van der Waals surface area contributed by atoms with E-state index in [0.29, 0.717) is 18.4 Å². The molecule has 1 aromatic heterocycles. The highest BCUT2D eigenvalue weighted by Crippen LogP contribution is 2.31. The van der Waals surface area contributed by atoms with Crippen molar-refractivity contribution in [2.45, 2.75) is 39.5 Å². The Morgan fingerprint density at radius 3 is 2.35 bits per heavy atom. The first-order valence-corrected chi connectivity index (χ1v) is 11.8. The van der Waals surface area contributed by atoms with Gasteiger partial charge in [-0.15, -0.1) is 0 Å². The number of amides is 2. The summed E-state index contributed by atoms with van der Waals surface area (Å²) in [6.07, 6.45) is 3.74. The number of likely N-dealkylation sites (N-methyl/N-ethyl adjacent to an activating group) is 1. The first-order valence-electron chi connectivity index (χ1n) is 11.8. The van der Waals surface area contributed by atoms with E-state index in [0.717, 1.165) is 35.5 Å². The van der Waals surface area contributed by atoms with E-state index in [9.17, 15) is 9.59 Å². The Balaban J connectivity index is 1.62. The second kappa shape index (κ2) is 10.1. The summed E-state index contributed by atoms with van der Waals surface area (Å²) < 4.78 is 7.14. The van der Waals surface area contributed by atoms with Gasteiger partial charge in [-0.3, -0.25) is 19.5 Å². The molecule has 1 fully saturated rings. The molecule has 3 aromatic rings. The highest BCUT2D eigenvalue weighted by Gasteiger charge is 2.33. The van der Waals surface area contributed by atoms with Crippen LogP contribution in [0.15, 0.2) is 54.7 Å². The third-order valence-corrected chi connectivity index (χ3v) is 6.14. The minimum atomic E-state index is -0.261. The van der Waals surface area contributed by atoms with Crippen LogP contribution in [0.5, 0.6) is 5.75 Å². The zero-order valence-electron chi connectivity index (χ0n) is 20.2. The van der Waals surface area contributed by atoms with E-state index in [1.165, 1.54) is 5.56 Å². The number of nitrogens with zero attached hydrogens (tertiary/aromatic N) is 3. The van der Waals surface area contributed by atoms with Gasteiger partial charge in [0.1, 0.15) is 5.75 Å². The quantitative estimate of drug-likeness (QED) is 0.494. The van der Waals surface area contributed by atoms with E-state index >= 15 is 0 Å². The maximum Gasteiger partial charge on any atom is 0.246 e. The number of hydrogen-bond donors (Lipinski definition) is 1. The molecule has 2 amide bonds. The molecule has 0 atom stereocenters. The molecule has 0 saturated heterocycles. The summed E-state index contributed by atoms with van der Waals surface area (Å²) in [6, 6.07) is 15.9. The zero-order chi connectivity index (χ0) is 24.2. The van der Waals surface area contributed by atoms with Crippen LogP contribution in [0, 0.1) is 5.92 Å². The Morgan fingerprint density at radius 1 is 1.12 bits per heavy atom. The van der Waals surface area contributed by atoms with Crippen molar-refractivity contribution < 1.29 is 14.3 Å². The summed E-state index contributed by atoms with van der Waals surface area (Å²) in [5.41, 5.74) is 3.77. The number of carbonyl (C=O) groups excluding carboxylic acids is 2. The summed E-state index contributed by atoms with van der Waals surface area (Å²) in [5.74, 6) is 1.49. The lowest BCUT2D eigenvalue weighted by molar-refractivity contribution is -0.135. The first-order chi connectivity index (χ1) is 16.4. The van der Waals surface area contributed by atoms with E-state index in [-0.39, 0.29) is 24.3 Å². The van der Waals surface area contributed by atoms with E-state index in [1.54, 1.807) is 12.0 Å². The van der Waals surface area contributed by atoms with Crippen molar-refractivity contribution >= 4 is 17.8 Å². The molecule has 1 N–H and O–H groups in total. The molecular formula is C27H32N4O3. The molecular weight excluding hydrogens is 428 g/mol. The average Bonchev–Trinajstić information content (AvgIpc) is 3.62. The highest BCUT2D eigenvalue weighted by molar-refractivity contribution is 5.94. The number of benzene rings is 2. The van der Waals surface area contributed by atoms with E-state index in [1.807, 2.05) is 54.1 Å². The number of imidazole rings is 1. The number of nitrogens with one attached hydrogen (secondary N) is 1. The van der Waals surface area contributed by atoms with Crippen LogP contribution in [0.1, 0.15) is 45.1 Å². The fourth-order valence-corrected chi connectivity index (χ4v) is 3.86. The van der Waals surface area contributed by atoms with Gasteiger partial charge in [-0.05, 0) is 67.6 Å².